The third-order valence-electron chi connectivity index (χ3n) is 2.48. The lowest BCUT2D eigenvalue weighted by Gasteiger charge is -2.07. The maximum absolute atomic E-state index is 6.04. The van der Waals surface area contributed by atoms with E-state index in [0.29, 0.717) is 6.54 Å². The van der Waals surface area contributed by atoms with Gasteiger partial charge in [-0.25, -0.2) is 0 Å². The van der Waals surface area contributed by atoms with Crippen LogP contribution in [0.2, 0.25) is 0 Å². The van der Waals surface area contributed by atoms with E-state index in [1.54, 1.807) is 11.8 Å². The van der Waals surface area contributed by atoms with Crippen molar-refractivity contribution in [2.45, 2.75) is 16.2 Å². The van der Waals surface area contributed by atoms with Gasteiger partial charge in [0.2, 0.25) is 0 Å². The molecule has 2 aromatic carbocycles. The van der Waals surface area contributed by atoms with Gasteiger partial charge in [0.15, 0.2) is 0 Å². The maximum atomic E-state index is 6.04. The van der Waals surface area contributed by atoms with Crippen LogP contribution in [0.5, 0.6) is 0 Å². The topological polar surface area (TPSA) is 52.0 Å². The Morgan fingerprint density at radius 1 is 1.00 bits per heavy atom. The molecule has 0 amide bonds. The van der Waals surface area contributed by atoms with Crippen LogP contribution in [-0.4, -0.2) is 6.54 Å². The molecule has 2 nitrogen and oxygen atoms in total. The van der Waals surface area contributed by atoms with Crippen LogP contribution in [0, 0.1) is 0 Å². The molecular formula is C14H16N2S. The number of nitrogens with two attached hydrogens (primary N) is 2. The second kappa shape index (κ2) is 5.75. The Morgan fingerprint density at radius 2 is 1.76 bits per heavy atom. The fourth-order valence-electron chi connectivity index (χ4n) is 1.63. The SMILES string of the molecule is NCCc1ccc(Sc2ccccc2)c(N)c1. The van der Waals surface area contributed by atoms with E-state index in [-0.39, 0.29) is 0 Å². The zero-order valence-corrected chi connectivity index (χ0v) is 10.4. The maximum Gasteiger partial charge on any atom is 0.0458 e. The van der Waals surface area contributed by atoms with Crippen molar-refractivity contribution in [1.82, 2.24) is 0 Å². The molecule has 17 heavy (non-hydrogen) atoms. The molecule has 0 atom stereocenters. The molecule has 3 heteroatoms. The Labute approximate surface area is 106 Å². The number of anilines is 1. The third kappa shape index (κ3) is 3.25. The quantitative estimate of drug-likeness (QED) is 0.813. The summed E-state index contributed by atoms with van der Waals surface area (Å²) >= 11 is 1.68. The van der Waals surface area contributed by atoms with Crippen molar-refractivity contribution in [3.63, 3.8) is 0 Å². The van der Waals surface area contributed by atoms with Crippen molar-refractivity contribution < 1.29 is 0 Å². The molecule has 0 spiro atoms. The smallest absolute Gasteiger partial charge is 0.0458 e. The van der Waals surface area contributed by atoms with Crippen LogP contribution in [-0.2, 0) is 6.42 Å². The Morgan fingerprint density at radius 3 is 2.41 bits per heavy atom. The minimum absolute atomic E-state index is 0.657. The molecule has 0 aromatic heterocycles. The van der Waals surface area contributed by atoms with Crippen molar-refractivity contribution in [1.29, 1.82) is 0 Å². The number of hydrogen-bond acceptors (Lipinski definition) is 3. The molecule has 0 aliphatic heterocycles. The average molecular weight is 244 g/mol. The number of hydrogen-bond donors (Lipinski definition) is 2. The molecule has 88 valence electrons. The first-order chi connectivity index (χ1) is 8.29. The van der Waals surface area contributed by atoms with Crippen molar-refractivity contribution in [3.05, 3.63) is 54.1 Å². The summed E-state index contributed by atoms with van der Waals surface area (Å²) in [7, 11) is 0. The molecule has 0 saturated carbocycles. The highest BCUT2D eigenvalue weighted by atomic mass is 32.2. The first-order valence-corrected chi connectivity index (χ1v) is 6.42. The van der Waals surface area contributed by atoms with Gasteiger partial charge in [-0.3, -0.25) is 0 Å². The standard InChI is InChI=1S/C14H16N2S/c15-9-8-11-6-7-14(13(16)10-11)17-12-4-2-1-3-5-12/h1-7,10H,8-9,15-16H2. The molecule has 0 radical (unpaired) electrons. The number of nitrogen functional groups attached to an aromatic ring is 1. The van der Waals surface area contributed by atoms with E-state index >= 15 is 0 Å². The van der Waals surface area contributed by atoms with Crippen molar-refractivity contribution >= 4 is 17.4 Å². The van der Waals surface area contributed by atoms with E-state index in [1.807, 2.05) is 24.3 Å². The fraction of sp³-hybridized carbons (Fsp3) is 0.143. The number of benzene rings is 2. The van der Waals surface area contributed by atoms with Gasteiger partial charge in [-0.2, -0.15) is 0 Å². The fourth-order valence-corrected chi connectivity index (χ4v) is 2.49. The zero-order chi connectivity index (χ0) is 12.1. The van der Waals surface area contributed by atoms with Crippen LogP contribution in [0.4, 0.5) is 5.69 Å². The molecule has 0 fully saturated rings. The summed E-state index contributed by atoms with van der Waals surface area (Å²) in [5, 5.41) is 0. The van der Waals surface area contributed by atoms with Gasteiger partial charge in [0.25, 0.3) is 0 Å². The molecule has 0 aliphatic rings. The minimum Gasteiger partial charge on any atom is -0.398 e. The Balaban J connectivity index is 2.17. The van der Waals surface area contributed by atoms with E-state index in [2.05, 4.69) is 24.3 Å². The second-order valence-corrected chi connectivity index (χ2v) is 4.94. The molecule has 0 heterocycles. The molecule has 4 N–H and O–H groups in total. The molecule has 0 saturated heterocycles. The Bertz CT molecular complexity index is 483. The normalized spacial score (nSPS) is 10.4. The van der Waals surface area contributed by atoms with E-state index < -0.39 is 0 Å². The van der Waals surface area contributed by atoms with Crippen LogP contribution in [0.1, 0.15) is 5.56 Å². The van der Waals surface area contributed by atoms with Crippen molar-refractivity contribution in [3.8, 4) is 0 Å². The van der Waals surface area contributed by atoms with Crippen LogP contribution in [0.3, 0.4) is 0 Å². The molecule has 0 bridgehead atoms. The van der Waals surface area contributed by atoms with Crippen LogP contribution in [0.15, 0.2) is 58.3 Å². The molecular weight excluding hydrogens is 228 g/mol. The largest absolute Gasteiger partial charge is 0.398 e. The number of rotatable bonds is 4. The molecule has 0 unspecified atom stereocenters. The lowest BCUT2D eigenvalue weighted by Crippen LogP contribution is -2.03. The van der Waals surface area contributed by atoms with Gasteiger partial charge < -0.3 is 11.5 Å². The highest BCUT2D eigenvalue weighted by Gasteiger charge is 2.02. The summed E-state index contributed by atoms with van der Waals surface area (Å²) in [6.45, 7) is 0.657. The summed E-state index contributed by atoms with van der Waals surface area (Å²) in [5.41, 5.74) is 13.6. The minimum atomic E-state index is 0.657. The summed E-state index contributed by atoms with van der Waals surface area (Å²) in [6.07, 6.45) is 0.875. The van der Waals surface area contributed by atoms with Gasteiger partial charge >= 0.3 is 0 Å². The Hall–Kier alpha value is -1.45. The first kappa shape index (κ1) is 12.0. The summed E-state index contributed by atoms with van der Waals surface area (Å²) in [6, 6.07) is 16.4. The van der Waals surface area contributed by atoms with Crippen LogP contribution in [0.25, 0.3) is 0 Å². The van der Waals surface area contributed by atoms with Crippen LogP contribution >= 0.6 is 11.8 Å². The third-order valence-corrected chi connectivity index (χ3v) is 3.58. The second-order valence-electron chi connectivity index (χ2n) is 3.83. The first-order valence-electron chi connectivity index (χ1n) is 5.61. The molecule has 2 aromatic rings. The van der Waals surface area contributed by atoms with Gasteiger partial charge in [-0.05, 0) is 42.8 Å². The lowest BCUT2D eigenvalue weighted by molar-refractivity contribution is 0.967. The van der Waals surface area contributed by atoms with E-state index in [1.165, 1.54) is 10.5 Å². The van der Waals surface area contributed by atoms with Gasteiger partial charge in [0.05, 0.1) is 0 Å². The highest BCUT2D eigenvalue weighted by Crippen LogP contribution is 2.32. The van der Waals surface area contributed by atoms with Crippen molar-refractivity contribution in [2.75, 3.05) is 12.3 Å². The molecule has 0 aliphatic carbocycles. The zero-order valence-electron chi connectivity index (χ0n) is 9.60. The van der Waals surface area contributed by atoms with Gasteiger partial charge in [-0.1, -0.05) is 36.0 Å². The van der Waals surface area contributed by atoms with E-state index in [9.17, 15) is 0 Å². The summed E-state index contributed by atoms with van der Waals surface area (Å²) in [4.78, 5) is 2.29. The van der Waals surface area contributed by atoms with Crippen LogP contribution < -0.4 is 11.5 Å². The molecule has 2 rings (SSSR count). The summed E-state index contributed by atoms with van der Waals surface area (Å²) < 4.78 is 0. The monoisotopic (exact) mass is 244 g/mol. The predicted octanol–water partition coefficient (Wildman–Crippen LogP) is 2.92. The average Bonchev–Trinajstić information content (AvgIpc) is 2.34. The lowest BCUT2D eigenvalue weighted by atomic mass is 10.1. The van der Waals surface area contributed by atoms with E-state index in [4.69, 9.17) is 11.5 Å². The van der Waals surface area contributed by atoms with Gasteiger partial charge in [0, 0.05) is 15.5 Å². The highest BCUT2D eigenvalue weighted by molar-refractivity contribution is 7.99. The predicted molar refractivity (Wildman–Crippen MR) is 74.2 cm³/mol. The van der Waals surface area contributed by atoms with Gasteiger partial charge in [-0.15, -0.1) is 0 Å². The summed E-state index contributed by atoms with van der Waals surface area (Å²) in [5.74, 6) is 0. The Kier molecular flexibility index (Phi) is 4.07. The van der Waals surface area contributed by atoms with E-state index in [0.717, 1.165) is 17.0 Å². The van der Waals surface area contributed by atoms with Gasteiger partial charge in [0.1, 0.15) is 0 Å². The van der Waals surface area contributed by atoms with Crippen molar-refractivity contribution in [2.24, 2.45) is 5.73 Å².